The number of aliphatic hydroxyl groups is 2. The number of anilines is 2. The molecule has 81 heavy (non-hydrogen) atoms. The van der Waals surface area contributed by atoms with E-state index in [9.17, 15) is 25.2 Å². The number of carbonyl (C=O) groups excluding carboxylic acids is 1. The molecule has 4 atom stereocenters. The number of nitrogens with one attached hydrogen (secondary N) is 1. The summed E-state index contributed by atoms with van der Waals surface area (Å²) >= 11 is 0. The van der Waals surface area contributed by atoms with Crippen LogP contribution in [0.3, 0.4) is 0 Å². The van der Waals surface area contributed by atoms with Crippen molar-refractivity contribution in [3.63, 3.8) is 0 Å². The third kappa shape index (κ3) is 13.1. The Hall–Kier alpha value is -8.79. The minimum absolute atomic E-state index is 0.0892. The lowest BCUT2D eigenvalue weighted by Crippen LogP contribution is -2.37. The Bertz CT molecular complexity index is 3380. The van der Waals surface area contributed by atoms with Gasteiger partial charge in [-0.25, -0.2) is 24.7 Å². The van der Waals surface area contributed by atoms with E-state index in [0.717, 1.165) is 129 Å². The Balaban J connectivity index is 0.000000166. The van der Waals surface area contributed by atoms with E-state index in [4.69, 9.17) is 39.1 Å². The molecule has 4 saturated heterocycles. The number of hydrogen-bond donors (Lipinski definition) is 4. The summed E-state index contributed by atoms with van der Waals surface area (Å²) in [6.45, 7) is 11.9. The first-order valence-corrected chi connectivity index (χ1v) is 27.1. The summed E-state index contributed by atoms with van der Waals surface area (Å²) in [5.74, 6) is -0.440. The molecule has 0 radical (unpaired) electrons. The van der Waals surface area contributed by atoms with Gasteiger partial charge < -0.3 is 54.3 Å². The van der Waals surface area contributed by atoms with Crippen LogP contribution in [0.1, 0.15) is 66.6 Å². The van der Waals surface area contributed by atoms with Crippen LogP contribution in [0.15, 0.2) is 123 Å². The topological polar surface area (TPSA) is 276 Å². The fourth-order valence-corrected chi connectivity index (χ4v) is 10.2. The van der Waals surface area contributed by atoms with Gasteiger partial charge >= 0.3 is 5.97 Å². The second kappa shape index (κ2) is 25.6. The van der Waals surface area contributed by atoms with Crippen molar-refractivity contribution in [1.29, 1.82) is 10.5 Å². The highest BCUT2D eigenvalue weighted by molar-refractivity contribution is 6.21. The Kier molecular flexibility index (Phi) is 17.5. The maximum Gasteiger partial charge on any atom is 0.332 e. The van der Waals surface area contributed by atoms with Gasteiger partial charge in [0.1, 0.15) is 60.1 Å². The molecule has 4 N–H and O–H groups in total. The Morgan fingerprint density at radius 2 is 1.28 bits per heavy atom. The lowest BCUT2D eigenvalue weighted by Gasteiger charge is -2.28. The lowest BCUT2D eigenvalue weighted by molar-refractivity contribution is -0.145. The van der Waals surface area contributed by atoms with Gasteiger partial charge in [-0.15, -0.1) is 0 Å². The number of ether oxygens (including phenoxy) is 4. The number of carboxylic acids is 1. The number of aliphatic carboxylic acids is 1. The first-order valence-electron chi connectivity index (χ1n) is 27.1. The van der Waals surface area contributed by atoms with Gasteiger partial charge in [0, 0.05) is 69.0 Å². The average molecular weight is 1090 g/mol. The summed E-state index contributed by atoms with van der Waals surface area (Å²) in [5.41, 5.74) is 13.3. The number of carbonyl (C=O) groups is 2. The Morgan fingerprint density at radius 1 is 0.716 bits per heavy atom. The molecule has 21 nitrogen and oxygen atoms in total. The molecule has 0 bridgehead atoms. The molecule has 1 amide bonds. The maximum absolute atomic E-state index is 12.1. The summed E-state index contributed by atoms with van der Waals surface area (Å²) in [4.78, 5) is 55.4. The molecular formula is C60H61N12O9+. The molecule has 7 aliphatic heterocycles. The number of aromatic nitrogens is 2. The van der Waals surface area contributed by atoms with Gasteiger partial charge in [-0.2, -0.15) is 10.5 Å². The molecule has 0 spiro atoms. The van der Waals surface area contributed by atoms with Gasteiger partial charge in [0.2, 0.25) is 11.4 Å². The standard InChI is InChI=1S/C30H30N6O4.C27H25N6O2.C3H6O3/c1-19(37)30(38)36-9-8-24(17-36)40-27-7-4-21(14-22(27)16-31)28-29-26(32-18-33-28)15-25(34-29)20-2-5-23(6-3-20)35-10-12-39-13-11-35;28-15-20-13-19(3-6-25(20)35-22-7-8-29-16-22)26-27-24(30-17-31-26)14-23(32-27)18-1-4-21(5-2-18)33-9-11-34-12-10-33;1-2(4)3(5)6/h2-7,14,18-19,24,37H,8-13,15,17H2,1H3;1-6,13,22,29H,7-12,14,16H2;2,4H,1H3,(H,5,6)/q;+1;/t19-,24+;22-;2-/m010/s1. The third-order valence-electron chi connectivity index (χ3n) is 14.6. The van der Waals surface area contributed by atoms with Gasteiger partial charge in [0.25, 0.3) is 12.2 Å². The van der Waals surface area contributed by atoms with Gasteiger partial charge in [0.15, 0.2) is 5.70 Å². The van der Waals surface area contributed by atoms with Crippen LogP contribution in [0.5, 0.6) is 11.5 Å². The van der Waals surface area contributed by atoms with Crippen molar-refractivity contribution in [1.82, 2.24) is 20.2 Å². The van der Waals surface area contributed by atoms with Crippen LogP contribution in [0.25, 0.3) is 11.3 Å². The van der Waals surface area contributed by atoms with E-state index in [1.165, 1.54) is 31.5 Å². The minimum Gasteiger partial charge on any atom is -0.488 e. The number of benzene rings is 4. The third-order valence-corrected chi connectivity index (χ3v) is 14.6. The van der Waals surface area contributed by atoms with Crippen molar-refractivity contribution in [2.45, 2.75) is 63.9 Å². The van der Waals surface area contributed by atoms with Crippen LogP contribution in [-0.4, -0.2) is 169 Å². The van der Waals surface area contributed by atoms with Crippen LogP contribution < -0.4 is 24.6 Å². The molecule has 414 valence electrons. The molecule has 8 heterocycles. The first-order chi connectivity index (χ1) is 39.4. The van der Waals surface area contributed by atoms with Gasteiger partial charge in [-0.05, 0) is 109 Å². The van der Waals surface area contributed by atoms with Crippen molar-refractivity contribution < 1.29 is 43.9 Å². The van der Waals surface area contributed by atoms with Crippen LogP contribution in [-0.2, 0) is 25.5 Å². The van der Waals surface area contributed by atoms with E-state index in [2.05, 4.69) is 102 Å². The second-order valence-electron chi connectivity index (χ2n) is 20.1. The predicted octanol–water partition coefficient (Wildman–Crippen LogP) is 5.29. The minimum atomic E-state index is -1.23. The van der Waals surface area contributed by atoms with Crippen molar-refractivity contribution >= 4 is 52.4 Å². The summed E-state index contributed by atoms with van der Waals surface area (Å²) in [5, 5.41) is 48.3. The number of fused-ring (bicyclic) bond motifs is 1. The number of aliphatic hydroxyl groups excluding tert-OH is 2. The van der Waals surface area contributed by atoms with Crippen molar-refractivity contribution in [3.05, 3.63) is 136 Å². The SMILES string of the molecule is C[C@H](O)C(=O)N1CC[C@@H](Oc2ccc(-c3ncnc4c3N=C(c3ccc(N5CCOCC5)cc3)C4)cc2C#N)C1.C[C@H](O)C(=O)O.N#Cc1cc(C2=N[C+]=NC3=C2N=C(c2ccc(N4CCOCC4)cc2)C3)ccc1O[C@@H]1CCNC1. The average Bonchev–Trinajstić information content (AvgIpc) is 4.43. The van der Waals surface area contributed by atoms with E-state index >= 15 is 0 Å². The lowest BCUT2D eigenvalue weighted by atomic mass is 10.0. The highest BCUT2D eigenvalue weighted by Gasteiger charge is 2.35. The Morgan fingerprint density at radius 3 is 1.85 bits per heavy atom. The van der Waals surface area contributed by atoms with E-state index in [1.807, 2.05) is 24.3 Å². The molecule has 4 aromatic carbocycles. The normalized spacial score (nSPS) is 19.6. The number of hydrogen-bond acceptors (Lipinski definition) is 19. The van der Waals surface area contributed by atoms with E-state index in [1.54, 1.807) is 17.0 Å². The van der Waals surface area contributed by atoms with Crippen LogP contribution in [0.2, 0.25) is 0 Å². The molecule has 5 aromatic rings. The van der Waals surface area contributed by atoms with Crippen molar-refractivity contribution in [3.8, 4) is 34.9 Å². The zero-order valence-corrected chi connectivity index (χ0v) is 45.0. The molecule has 7 aliphatic rings. The Labute approximate surface area is 468 Å². The summed E-state index contributed by atoms with van der Waals surface area (Å²) in [6, 6.07) is 32.5. The van der Waals surface area contributed by atoms with Crippen molar-refractivity contribution in [2.24, 2.45) is 20.0 Å². The maximum atomic E-state index is 12.1. The fraction of sp³-hybridized carbons (Fsp3) is 0.367. The van der Waals surface area contributed by atoms with Crippen LogP contribution >= 0.6 is 0 Å². The fourth-order valence-electron chi connectivity index (χ4n) is 10.2. The van der Waals surface area contributed by atoms with Gasteiger partial charge in [-0.3, -0.25) is 4.79 Å². The monoisotopic (exact) mass is 1090 g/mol. The van der Waals surface area contributed by atoms with Crippen molar-refractivity contribution in [2.75, 3.05) is 88.6 Å². The molecule has 21 heteroatoms. The number of amides is 1. The summed E-state index contributed by atoms with van der Waals surface area (Å²) in [7, 11) is 0. The van der Waals surface area contributed by atoms with E-state index in [-0.39, 0.29) is 18.1 Å². The molecule has 0 unspecified atom stereocenters. The number of morpholine rings is 2. The largest absolute Gasteiger partial charge is 0.488 e. The van der Waals surface area contributed by atoms with Crippen LogP contribution in [0, 0.1) is 22.7 Å². The molecule has 0 saturated carbocycles. The first kappa shape index (κ1) is 55.5. The predicted molar refractivity (Wildman–Crippen MR) is 303 cm³/mol. The van der Waals surface area contributed by atoms with Gasteiger partial charge in [-0.1, -0.05) is 24.3 Å². The van der Waals surface area contributed by atoms with E-state index < -0.39 is 18.2 Å². The number of allylic oxidation sites excluding steroid dienone is 2. The number of nitrogens with zero attached hydrogens (tertiary/aromatic N) is 11. The number of carboxylic acid groups (broad SMARTS) is 1. The molecular weight excluding hydrogens is 1030 g/mol. The highest BCUT2D eigenvalue weighted by Crippen LogP contribution is 2.38. The number of nitriles is 2. The zero-order valence-electron chi connectivity index (χ0n) is 45.0. The van der Waals surface area contributed by atoms with Gasteiger partial charge in [0.05, 0.1) is 78.9 Å². The smallest absolute Gasteiger partial charge is 0.332 e. The number of likely N-dealkylation sites (tertiary alicyclic amines) is 1. The molecule has 1 aromatic heterocycles. The molecule has 12 rings (SSSR count). The summed E-state index contributed by atoms with van der Waals surface area (Å²) < 4.78 is 23.1. The van der Waals surface area contributed by atoms with Crippen LogP contribution in [0.4, 0.5) is 17.1 Å². The van der Waals surface area contributed by atoms with E-state index in [0.29, 0.717) is 66.4 Å². The summed E-state index contributed by atoms with van der Waals surface area (Å²) in [6.07, 6.45) is 4.69. The second-order valence-corrected chi connectivity index (χ2v) is 20.1. The molecule has 4 fully saturated rings. The number of aliphatic imine (C=N–C) groups is 4. The zero-order chi connectivity index (χ0) is 56.4. The number of rotatable bonds is 12. The quantitative estimate of drug-likeness (QED) is 0.116. The highest BCUT2D eigenvalue weighted by atomic mass is 16.5. The molecule has 0 aliphatic carbocycles.